The summed E-state index contributed by atoms with van der Waals surface area (Å²) in [6, 6.07) is 7.10. The minimum Gasteiger partial charge on any atom is -0.310 e. The fraction of sp³-hybridized carbons (Fsp3) is 0.625. The molecule has 3 rings (SSSR count). The molecule has 0 spiro atoms. The summed E-state index contributed by atoms with van der Waals surface area (Å²) in [6.45, 7) is 3.20. The first-order valence-electron chi connectivity index (χ1n) is 7.81. The second-order valence-electron chi connectivity index (χ2n) is 6.58. The van der Waals surface area contributed by atoms with E-state index in [1.807, 2.05) is 12.1 Å². The number of rotatable bonds is 7. The Kier molecular flexibility index (Phi) is 4.08. The van der Waals surface area contributed by atoms with Crippen LogP contribution in [0.1, 0.15) is 44.2 Å². The summed E-state index contributed by atoms with van der Waals surface area (Å²) in [4.78, 5) is 0.173. The molecule has 0 heterocycles. The Hall–Kier alpha value is -0.910. The number of hydrogen-bond donors (Lipinski definition) is 2. The Morgan fingerprint density at radius 1 is 1.14 bits per heavy atom. The third-order valence-electron chi connectivity index (χ3n) is 4.82. The molecule has 2 saturated carbocycles. The number of primary sulfonamides is 1. The lowest BCUT2D eigenvalue weighted by molar-refractivity contribution is 0.362. The first-order valence-corrected chi connectivity index (χ1v) is 9.36. The largest absolute Gasteiger partial charge is 0.310 e. The Labute approximate surface area is 127 Å². The lowest BCUT2D eigenvalue weighted by atomic mass is 9.97. The lowest BCUT2D eigenvalue weighted by Crippen LogP contribution is -2.28. The van der Waals surface area contributed by atoms with E-state index in [4.69, 9.17) is 5.14 Å². The molecule has 21 heavy (non-hydrogen) atoms. The lowest BCUT2D eigenvalue weighted by Gasteiger charge is -2.20. The molecular formula is C16H24N2O2S. The van der Waals surface area contributed by atoms with Gasteiger partial charge in [0.2, 0.25) is 10.0 Å². The van der Waals surface area contributed by atoms with E-state index in [1.54, 1.807) is 12.1 Å². The third kappa shape index (κ3) is 3.84. The number of hydrogen-bond acceptors (Lipinski definition) is 3. The third-order valence-corrected chi connectivity index (χ3v) is 5.75. The van der Waals surface area contributed by atoms with Crippen LogP contribution in [0, 0.1) is 17.8 Å². The van der Waals surface area contributed by atoms with E-state index in [-0.39, 0.29) is 10.9 Å². The summed E-state index contributed by atoms with van der Waals surface area (Å²) in [6.07, 6.45) is 5.61. The van der Waals surface area contributed by atoms with Crippen molar-refractivity contribution in [2.75, 3.05) is 6.54 Å². The molecule has 3 N–H and O–H groups in total. The van der Waals surface area contributed by atoms with Crippen molar-refractivity contribution in [1.82, 2.24) is 5.32 Å². The molecule has 2 fully saturated rings. The summed E-state index contributed by atoms with van der Waals surface area (Å²) in [5, 5.41) is 8.74. The molecule has 1 aromatic rings. The molecule has 0 aliphatic heterocycles. The van der Waals surface area contributed by atoms with E-state index < -0.39 is 10.0 Å². The Bertz CT molecular complexity index is 577. The summed E-state index contributed by atoms with van der Waals surface area (Å²) in [5.41, 5.74) is 1.10. The topological polar surface area (TPSA) is 72.2 Å². The standard InChI is InChI=1S/C16H24N2O2S/c1-11(12-6-8-15(9-7-12)21(17,19)20)18-10-16(13-2-3-13)14-4-5-14/h6-9,11,13-14,16,18H,2-5,10H2,1H3,(H2,17,19,20). The number of nitrogens with one attached hydrogen (secondary N) is 1. The summed E-state index contributed by atoms with van der Waals surface area (Å²) >= 11 is 0. The molecule has 116 valence electrons. The van der Waals surface area contributed by atoms with Crippen LogP contribution in [0.15, 0.2) is 29.2 Å². The van der Waals surface area contributed by atoms with Gasteiger partial charge in [0, 0.05) is 6.04 Å². The fourth-order valence-corrected chi connectivity index (χ4v) is 3.66. The van der Waals surface area contributed by atoms with Crippen molar-refractivity contribution in [3.05, 3.63) is 29.8 Å². The summed E-state index contributed by atoms with van der Waals surface area (Å²) in [7, 11) is -3.60. The van der Waals surface area contributed by atoms with Gasteiger partial charge in [-0.15, -0.1) is 0 Å². The zero-order valence-electron chi connectivity index (χ0n) is 12.5. The van der Waals surface area contributed by atoms with Crippen molar-refractivity contribution in [2.24, 2.45) is 22.9 Å². The Balaban J connectivity index is 1.58. The minimum atomic E-state index is -3.60. The van der Waals surface area contributed by atoms with Crippen molar-refractivity contribution >= 4 is 10.0 Å². The minimum absolute atomic E-state index is 0.173. The van der Waals surface area contributed by atoms with E-state index in [0.717, 1.165) is 29.9 Å². The van der Waals surface area contributed by atoms with Gasteiger partial charge in [0.1, 0.15) is 0 Å². The molecule has 2 aliphatic carbocycles. The molecule has 1 aromatic carbocycles. The van der Waals surface area contributed by atoms with E-state index in [9.17, 15) is 8.42 Å². The molecule has 5 heteroatoms. The fourth-order valence-electron chi connectivity index (χ4n) is 3.14. The maximum atomic E-state index is 11.3. The highest BCUT2D eigenvalue weighted by Gasteiger charge is 2.41. The van der Waals surface area contributed by atoms with Gasteiger partial charge in [0.25, 0.3) is 0 Å². The van der Waals surface area contributed by atoms with Gasteiger partial charge in [-0.1, -0.05) is 12.1 Å². The van der Waals surface area contributed by atoms with Crippen LogP contribution in [-0.4, -0.2) is 15.0 Å². The molecule has 1 atom stereocenters. The van der Waals surface area contributed by atoms with Gasteiger partial charge in [-0.05, 0) is 74.6 Å². The molecule has 1 unspecified atom stereocenters. The van der Waals surface area contributed by atoms with Crippen molar-refractivity contribution in [1.29, 1.82) is 0 Å². The highest BCUT2D eigenvalue weighted by atomic mass is 32.2. The first kappa shape index (κ1) is 15.0. The van der Waals surface area contributed by atoms with E-state index in [1.165, 1.54) is 25.7 Å². The molecule has 0 bridgehead atoms. The molecule has 0 aromatic heterocycles. The summed E-state index contributed by atoms with van der Waals surface area (Å²) < 4.78 is 22.5. The van der Waals surface area contributed by atoms with Crippen LogP contribution in [0.5, 0.6) is 0 Å². The zero-order valence-corrected chi connectivity index (χ0v) is 13.3. The number of nitrogens with two attached hydrogens (primary N) is 1. The van der Waals surface area contributed by atoms with Gasteiger partial charge in [0.15, 0.2) is 0 Å². The van der Waals surface area contributed by atoms with Crippen molar-refractivity contribution in [2.45, 2.75) is 43.5 Å². The van der Waals surface area contributed by atoms with Crippen LogP contribution in [-0.2, 0) is 10.0 Å². The van der Waals surface area contributed by atoms with Crippen LogP contribution in [0.2, 0.25) is 0 Å². The molecule has 2 aliphatic rings. The SMILES string of the molecule is CC(NCC(C1CC1)C1CC1)c1ccc(S(N)(=O)=O)cc1. The van der Waals surface area contributed by atoms with Crippen LogP contribution < -0.4 is 10.5 Å². The first-order chi connectivity index (χ1) is 9.95. The zero-order chi connectivity index (χ0) is 15.0. The smallest absolute Gasteiger partial charge is 0.238 e. The van der Waals surface area contributed by atoms with Crippen LogP contribution in [0.3, 0.4) is 0 Å². The highest BCUT2D eigenvalue weighted by Crippen LogP contribution is 2.48. The van der Waals surface area contributed by atoms with Crippen molar-refractivity contribution < 1.29 is 8.42 Å². The Morgan fingerprint density at radius 2 is 1.67 bits per heavy atom. The van der Waals surface area contributed by atoms with Crippen LogP contribution in [0.4, 0.5) is 0 Å². The maximum Gasteiger partial charge on any atom is 0.238 e. The van der Waals surface area contributed by atoms with Crippen LogP contribution >= 0.6 is 0 Å². The number of benzene rings is 1. The van der Waals surface area contributed by atoms with Gasteiger partial charge in [-0.2, -0.15) is 0 Å². The second kappa shape index (κ2) is 5.71. The van der Waals surface area contributed by atoms with Gasteiger partial charge < -0.3 is 5.32 Å². The van der Waals surface area contributed by atoms with Gasteiger partial charge in [-0.25, -0.2) is 13.6 Å². The average Bonchev–Trinajstić information content (AvgIpc) is 3.31. The van der Waals surface area contributed by atoms with E-state index >= 15 is 0 Å². The predicted molar refractivity (Wildman–Crippen MR) is 83.2 cm³/mol. The second-order valence-corrected chi connectivity index (χ2v) is 8.14. The van der Waals surface area contributed by atoms with Crippen molar-refractivity contribution in [3.63, 3.8) is 0 Å². The van der Waals surface area contributed by atoms with Gasteiger partial charge in [0.05, 0.1) is 4.90 Å². The van der Waals surface area contributed by atoms with Gasteiger partial charge >= 0.3 is 0 Å². The normalized spacial score (nSPS) is 20.7. The Morgan fingerprint density at radius 3 is 2.10 bits per heavy atom. The van der Waals surface area contributed by atoms with E-state index in [0.29, 0.717) is 0 Å². The monoisotopic (exact) mass is 308 g/mol. The quantitative estimate of drug-likeness (QED) is 0.812. The predicted octanol–water partition coefficient (Wildman–Crippen LogP) is 2.42. The van der Waals surface area contributed by atoms with Crippen molar-refractivity contribution in [3.8, 4) is 0 Å². The molecular weight excluding hydrogens is 284 g/mol. The average molecular weight is 308 g/mol. The summed E-state index contributed by atoms with van der Waals surface area (Å²) in [5.74, 6) is 2.74. The molecule has 0 radical (unpaired) electrons. The molecule has 4 nitrogen and oxygen atoms in total. The van der Waals surface area contributed by atoms with Gasteiger partial charge in [-0.3, -0.25) is 0 Å². The van der Waals surface area contributed by atoms with Crippen LogP contribution in [0.25, 0.3) is 0 Å². The molecule has 0 amide bonds. The van der Waals surface area contributed by atoms with E-state index in [2.05, 4.69) is 12.2 Å². The maximum absolute atomic E-state index is 11.3. The highest BCUT2D eigenvalue weighted by molar-refractivity contribution is 7.89. The molecule has 0 saturated heterocycles. The number of sulfonamides is 1.